The Kier molecular flexibility index (Phi) is 5.23. The monoisotopic (exact) mass is 273 g/mol. The molecule has 0 aromatic heterocycles. The molecule has 0 heterocycles. The van der Waals surface area contributed by atoms with E-state index in [9.17, 15) is 0 Å². The molecule has 20 heavy (non-hydrogen) atoms. The Labute approximate surface area is 118 Å². The van der Waals surface area contributed by atoms with Crippen molar-refractivity contribution in [1.82, 2.24) is 0 Å². The zero-order valence-electron chi connectivity index (χ0n) is 11.6. The van der Waals surface area contributed by atoms with Crippen molar-refractivity contribution in [3.8, 4) is 0 Å². The predicted molar refractivity (Wildman–Crippen MR) is 82.3 cm³/mol. The van der Waals surface area contributed by atoms with Crippen LogP contribution in [0.25, 0.3) is 0 Å². The Bertz CT molecular complexity index is 512. The van der Waals surface area contributed by atoms with Crippen molar-refractivity contribution < 1.29 is 9.57 Å². The van der Waals surface area contributed by atoms with E-state index in [1.54, 1.807) is 7.11 Å². The van der Waals surface area contributed by atoms with Gasteiger partial charge >= 0.3 is 0 Å². The van der Waals surface area contributed by atoms with Crippen LogP contribution in [-0.4, -0.2) is 21.0 Å². The molecule has 0 aliphatic heterocycles. The van der Waals surface area contributed by atoms with Crippen LogP contribution in [0.1, 0.15) is 0 Å². The van der Waals surface area contributed by atoms with Crippen molar-refractivity contribution >= 4 is 22.7 Å². The summed E-state index contributed by atoms with van der Waals surface area (Å²) in [5.74, 6) is 0. The second-order valence-electron chi connectivity index (χ2n) is 4.18. The minimum Gasteiger partial charge on any atom is -0.388 e. The third kappa shape index (κ3) is 4.15. The molecule has 0 aliphatic carbocycles. The molecule has 2 rings (SSSR count). The zero-order valence-corrected chi connectivity index (χ0v) is 11.6. The molecule has 5 heteroatoms. The van der Waals surface area contributed by atoms with Gasteiger partial charge in [0.2, 0.25) is 0 Å². The smallest absolute Gasteiger partial charge is 0.172 e. The Hall–Kier alpha value is -2.24. The van der Waals surface area contributed by atoms with Crippen LogP contribution in [-0.2, 0) is 9.57 Å². The summed E-state index contributed by atoms with van der Waals surface area (Å²) in [6.45, 7) is 0.206. The van der Waals surface area contributed by atoms with Gasteiger partial charge in [-0.1, -0.05) is 0 Å². The van der Waals surface area contributed by atoms with E-state index in [1.807, 2.05) is 55.6 Å². The highest BCUT2D eigenvalue weighted by Gasteiger charge is 1.96. The van der Waals surface area contributed by atoms with Crippen LogP contribution in [0.4, 0.5) is 22.7 Å². The molecule has 0 unspecified atom stereocenters. The van der Waals surface area contributed by atoms with Crippen LogP contribution >= 0.6 is 0 Å². The fourth-order valence-electron chi connectivity index (χ4n) is 1.68. The number of ether oxygens (including phenoxy) is 1. The fourth-order valence-corrected chi connectivity index (χ4v) is 1.68. The fraction of sp³-hybridized carbons (Fsp3) is 0.200. The molecule has 0 bridgehead atoms. The molecule has 0 fully saturated rings. The number of rotatable bonds is 7. The van der Waals surface area contributed by atoms with E-state index in [1.165, 1.54) is 0 Å². The molecule has 0 radical (unpaired) electrons. The second kappa shape index (κ2) is 7.37. The van der Waals surface area contributed by atoms with Crippen LogP contribution in [0.3, 0.4) is 0 Å². The van der Waals surface area contributed by atoms with E-state index in [0.29, 0.717) is 0 Å². The first-order valence-corrected chi connectivity index (χ1v) is 6.33. The first-order chi connectivity index (χ1) is 9.81. The van der Waals surface area contributed by atoms with E-state index in [4.69, 9.17) is 9.57 Å². The minimum atomic E-state index is 0.206. The van der Waals surface area contributed by atoms with Gasteiger partial charge in [0, 0.05) is 31.2 Å². The molecule has 0 spiro atoms. The maximum atomic E-state index is 5.05. The number of benzene rings is 2. The SMILES string of the molecule is CNc1ccc(Nc2ccc(NOCOC)cc2)cc1. The van der Waals surface area contributed by atoms with E-state index in [-0.39, 0.29) is 6.79 Å². The van der Waals surface area contributed by atoms with Crippen LogP contribution in [0, 0.1) is 0 Å². The Morgan fingerprint density at radius 2 is 1.30 bits per heavy atom. The summed E-state index contributed by atoms with van der Waals surface area (Å²) in [5.41, 5.74) is 6.81. The summed E-state index contributed by atoms with van der Waals surface area (Å²) in [7, 11) is 3.48. The highest BCUT2D eigenvalue weighted by Crippen LogP contribution is 2.20. The number of methoxy groups -OCH3 is 1. The van der Waals surface area contributed by atoms with E-state index < -0.39 is 0 Å². The number of hydrogen-bond donors (Lipinski definition) is 3. The molecule has 0 saturated carbocycles. The van der Waals surface area contributed by atoms with Gasteiger partial charge in [0.25, 0.3) is 0 Å². The van der Waals surface area contributed by atoms with Gasteiger partial charge in [-0.05, 0) is 48.5 Å². The number of hydrogen-bond acceptors (Lipinski definition) is 5. The Morgan fingerprint density at radius 1 is 0.800 bits per heavy atom. The van der Waals surface area contributed by atoms with Gasteiger partial charge in [0.05, 0.1) is 5.69 Å². The number of nitrogens with one attached hydrogen (secondary N) is 3. The van der Waals surface area contributed by atoms with Gasteiger partial charge in [-0.2, -0.15) is 0 Å². The van der Waals surface area contributed by atoms with Gasteiger partial charge in [0.15, 0.2) is 6.79 Å². The minimum absolute atomic E-state index is 0.206. The van der Waals surface area contributed by atoms with Gasteiger partial charge < -0.3 is 15.4 Å². The normalized spacial score (nSPS) is 10.1. The van der Waals surface area contributed by atoms with Gasteiger partial charge in [-0.3, -0.25) is 5.48 Å². The molecular weight excluding hydrogens is 254 g/mol. The van der Waals surface area contributed by atoms with Crippen LogP contribution in [0.15, 0.2) is 48.5 Å². The second-order valence-corrected chi connectivity index (χ2v) is 4.18. The highest BCUT2D eigenvalue weighted by atomic mass is 16.7. The standard InChI is InChI=1S/C15H19N3O2/c1-16-12-3-5-13(6-4-12)17-14-7-9-15(10-8-14)18-20-11-19-2/h3-10,16-18H,11H2,1-2H3. The summed E-state index contributed by atoms with van der Waals surface area (Å²) in [6, 6.07) is 15.9. The molecule has 0 saturated heterocycles. The Morgan fingerprint density at radius 3 is 1.80 bits per heavy atom. The lowest BCUT2D eigenvalue weighted by atomic mass is 10.2. The predicted octanol–water partition coefficient (Wildman–Crippen LogP) is 3.42. The average molecular weight is 273 g/mol. The van der Waals surface area contributed by atoms with Gasteiger partial charge in [0.1, 0.15) is 0 Å². The summed E-state index contributed by atoms with van der Waals surface area (Å²) in [4.78, 5) is 5.05. The summed E-state index contributed by atoms with van der Waals surface area (Å²) in [6.07, 6.45) is 0. The molecule has 0 aliphatic rings. The van der Waals surface area contributed by atoms with Gasteiger partial charge in [-0.25, -0.2) is 4.84 Å². The van der Waals surface area contributed by atoms with Crippen LogP contribution in [0.5, 0.6) is 0 Å². The first kappa shape index (κ1) is 14.2. The van der Waals surface area contributed by atoms with Crippen molar-refractivity contribution in [3.63, 3.8) is 0 Å². The number of anilines is 4. The van der Waals surface area contributed by atoms with Crippen molar-refractivity contribution in [1.29, 1.82) is 0 Å². The molecular formula is C15H19N3O2. The first-order valence-electron chi connectivity index (χ1n) is 6.33. The van der Waals surface area contributed by atoms with Crippen LogP contribution in [0.2, 0.25) is 0 Å². The lowest BCUT2D eigenvalue weighted by Gasteiger charge is -2.09. The zero-order chi connectivity index (χ0) is 14.2. The van der Waals surface area contributed by atoms with Crippen molar-refractivity contribution in [2.45, 2.75) is 0 Å². The topological polar surface area (TPSA) is 54.5 Å². The van der Waals surface area contributed by atoms with E-state index in [0.717, 1.165) is 22.7 Å². The van der Waals surface area contributed by atoms with Crippen LogP contribution < -0.4 is 16.1 Å². The largest absolute Gasteiger partial charge is 0.388 e. The lowest BCUT2D eigenvalue weighted by Crippen LogP contribution is -2.03. The van der Waals surface area contributed by atoms with Crippen molar-refractivity contribution in [2.24, 2.45) is 0 Å². The molecule has 0 atom stereocenters. The third-order valence-electron chi connectivity index (χ3n) is 2.71. The molecule has 106 valence electrons. The molecule has 2 aromatic carbocycles. The van der Waals surface area contributed by atoms with E-state index >= 15 is 0 Å². The molecule has 0 amide bonds. The summed E-state index contributed by atoms with van der Waals surface area (Å²) >= 11 is 0. The van der Waals surface area contributed by atoms with Crippen molar-refractivity contribution in [2.75, 3.05) is 37.1 Å². The molecule has 3 N–H and O–H groups in total. The summed E-state index contributed by atoms with van der Waals surface area (Å²) < 4.78 is 4.78. The van der Waals surface area contributed by atoms with Crippen molar-refractivity contribution in [3.05, 3.63) is 48.5 Å². The van der Waals surface area contributed by atoms with Gasteiger partial charge in [-0.15, -0.1) is 0 Å². The maximum Gasteiger partial charge on any atom is 0.172 e. The molecule has 5 nitrogen and oxygen atoms in total. The molecule has 2 aromatic rings. The average Bonchev–Trinajstić information content (AvgIpc) is 2.50. The quantitative estimate of drug-likeness (QED) is 0.410. The van der Waals surface area contributed by atoms with E-state index in [2.05, 4.69) is 16.1 Å². The lowest BCUT2D eigenvalue weighted by molar-refractivity contribution is -0.00397. The highest BCUT2D eigenvalue weighted by molar-refractivity contribution is 5.64. The maximum absolute atomic E-state index is 5.05. The Balaban J connectivity index is 1.92. The third-order valence-corrected chi connectivity index (χ3v) is 2.71. The summed E-state index contributed by atoms with van der Waals surface area (Å²) in [5, 5.41) is 6.42.